The van der Waals surface area contributed by atoms with E-state index in [-0.39, 0.29) is 5.82 Å². The van der Waals surface area contributed by atoms with Gasteiger partial charge in [-0.05, 0) is 49.4 Å². The molecule has 4 heteroatoms. The van der Waals surface area contributed by atoms with Crippen LogP contribution < -0.4 is 15.8 Å². The number of methoxy groups -OCH3 is 1. The Morgan fingerprint density at radius 3 is 2.53 bits per heavy atom. The lowest BCUT2D eigenvalue weighted by Gasteiger charge is -2.12. The largest absolute Gasteiger partial charge is 0.497 e. The highest BCUT2D eigenvalue weighted by Gasteiger charge is 2.07. The Balaban J connectivity index is 2.24. The van der Waals surface area contributed by atoms with Gasteiger partial charge < -0.3 is 15.8 Å². The zero-order valence-electron chi connectivity index (χ0n) is 10.8. The Hall–Kier alpha value is -2.07. The van der Waals surface area contributed by atoms with Crippen LogP contribution in [0.4, 0.5) is 15.8 Å². The number of hydrogen-bond donors (Lipinski definition) is 2. The molecule has 0 fully saturated rings. The fourth-order valence-electron chi connectivity index (χ4n) is 1.90. The van der Waals surface area contributed by atoms with Crippen molar-refractivity contribution in [2.75, 3.05) is 19.0 Å². The molecule has 3 nitrogen and oxygen atoms in total. The van der Waals surface area contributed by atoms with Crippen molar-refractivity contribution in [3.8, 4) is 5.75 Å². The van der Waals surface area contributed by atoms with Crippen LogP contribution in [0.3, 0.4) is 0 Å². The molecule has 0 spiro atoms. The van der Waals surface area contributed by atoms with E-state index in [2.05, 4.69) is 5.32 Å². The first-order valence-corrected chi connectivity index (χ1v) is 6.13. The quantitative estimate of drug-likeness (QED) is 0.868. The molecule has 3 N–H and O–H groups in total. The lowest BCUT2D eigenvalue weighted by molar-refractivity contribution is 0.415. The van der Waals surface area contributed by atoms with Crippen LogP contribution in [-0.4, -0.2) is 13.7 Å². The molecule has 0 unspecified atom stereocenters. The fourth-order valence-corrected chi connectivity index (χ4v) is 1.90. The summed E-state index contributed by atoms with van der Waals surface area (Å²) in [6.07, 6.45) is 0.505. The van der Waals surface area contributed by atoms with E-state index in [1.165, 1.54) is 6.07 Å². The average Bonchev–Trinajstić information content (AvgIpc) is 2.43. The number of nitrogens with one attached hydrogen (secondary N) is 1. The molecule has 0 atom stereocenters. The normalized spacial score (nSPS) is 10.3. The van der Waals surface area contributed by atoms with Gasteiger partial charge >= 0.3 is 0 Å². The Morgan fingerprint density at radius 2 is 1.89 bits per heavy atom. The standard InChI is InChI=1S/C15H17FN2O/c1-19-12-7-5-11(6-8-12)18-15-4-2-3-14(16)13(15)9-10-17/h2-8,18H,9-10,17H2,1H3. The second-order valence-corrected chi connectivity index (χ2v) is 4.16. The van der Waals surface area contributed by atoms with Gasteiger partial charge in [0.05, 0.1) is 7.11 Å². The van der Waals surface area contributed by atoms with Crippen molar-refractivity contribution in [1.29, 1.82) is 0 Å². The second-order valence-electron chi connectivity index (χ2n) is 4.16. The van der Waals surface area contributed by atoms with Gasteiger partial charge in [0.2, 0.25) is 0 Å². The molecule has 0 aliphatic carbocycles. The molecular weight excluding hydrogens is 243 g/mol. The van der Waals surface area contributed by atoms with E-state index in [1.807, 2.05) is 30.3 Å². The maximum atomic E-state index is 13.7. The SMILES string of the molecule is COc1ccc(Nc2cccc(F)c2CCN)cc1. The molecule has 0 saturated heterocycles. The first kappa shape index (κ1) is 13.4. The number of halogens is 1. The van der Waals surface area contributed by atoms with Gasteiger partial charge in [0.15, 0.2) is 0 Å². The number of nitrogens with two attached hydrogens (primary N) is 1. The summed E-state index contributed by atoms with van der Waals surface area (Å²) in [5.74, 6) is 0.552. The van der Waals surface area contributed by atoms with Gasteiger partial charge in [0.25, 0.3) is 0 Å². The van der Waals surface area contributed by atoms with E-state index >= 15 is 0 Å². The van der Waals surface area contributed by atoms with Crippen LogP contribution in [0.15, 0.2) is 42.5 Å². The third-order valence-electron chi connectivity index (χ3n) is 2.88. The lowest BCUT2D eigenvalue weighted by atomic mass is 10.1. The van der Waals surface area contributed by atoms with Crippen LogP contribution in [0.5, 0.6) is 5.75 Å². The molecule has 100 valence electrons. The van der Waals surface area contributed by atoms with Crippen molar-refractivity contribution >= 4 is 11.4 Å². The summed E-state index contributed by atoms with van der Waals surface area (Å²) in [6.45, 7) is 0.415. The zero-order valence-corrected chi connectivity index (χ0v) is 10.8. The van der Waals surface area contributed by atoms with Gasteiger partial charge in [-0.15, -0.1) is 0 Å². The van der Waals surface area contributed by atoms with Gasteiger partial charge in [-0.1, -0.05) is 6.07 Å². The van der Waals surface area contributed by atoms with Gasteiger partial charge in [-0.2, -0.15) is 0 Å². The Kier molecular flexibility index (Phi) is 4.36. The molecule has 0 aromatic heterocycles. The van der Waals surface area contributed by atoms with E-state index in [4.69, 9.17) is 10.5 Å². The predicted molar refractivity (Wildman–Crippen MR) is 75.4 cm³/mol. The summed E-state index contributed by atoms with van der Waals surface area (Å²) in [7, 11) is 1.62. The van der Waals surface area contributed by atoms with Crippen LogP contribution in [0.2, 0.25) is 0 Å². The van der Waals surface area contributed by atoms with Gasteiger partial charge in [-0.3, -0.25) is 0 Å². The van der Waals surface area contributed by atoms with Crippen molar-refractivity contribution in [3.63, 3.8) is 0 Å². The molecule has 2 aromatic rings. The van der Waals surface area contributed by atoms with Crippen LogP contribution in [0.25, 0.3) is 0 Å². The molecule has 2 aromatic carbocycles. The number of hydrogen-bond acceptors (Lipinski definition) is 3. The molecule has 0 amide bonds. The number of anilines is 2. The summed E-state index contributed by atoms with van der Waals surface area (Å²) in [5.41, 5.74) is 7.76. The van der Waals surface area contributed by atoms with Gasteiger partial charge in [0, 0.05) is 16.9 Å². The first-order valence-electron chi connectivity index (χ1n) is 6.13. The predicted octanol–water partition coefficient (Wildman–Crippen LogP) is 3.08. The minimum atomic E-state index is -0.232. The van der Waals surface area contributed by atoms with Crippen LogP contribution in [-0.2, 0) is 6.42 Å². The number of rotatable bonds is 5. The molecule has 0 heterocycles. The Labute approximate surface area is 112 Å². The van der Waals surface area contributed by atoms with E-state index in [9.17, 15) is 4.39 Å². The highest BCUT2D eigenvalue weighted by Crippen LogP contribution is 2.24. The monoisotopic (exact) mass is 260 g/mol. The second kappa shape index (κ2) is 6.20. The van der Waals surface area contributed by atoms with Gasteiger partial charge in [-0.25, -0.2) is 4.39 Å². The molecule has 0 aliphatic heterocycles. The molecule has 2 rings (SSSR count). The minimum Gasteiger partial charge on any atom is -0.497 e. The molecule has 19 heavy (non-hydrogen) atoms. The number of ether oxygens (including phenoxy) is 1. The van der Waals surface area contributed by atoms with Crippen LogP contribution >= 0.6 is 0 Å². The smallest absolute Gasteiger partial charge is 0.128 e. The average molecular weight is 260 g/mol. The third-order valence-corrected chi connectivity index (χ3v) is 2.88. The summed E-state index contributed by atoms with van der Waals surface area (Å²) in [4.78, 5) is 0. The van der Waals surface area contributed by atoms with E-state index in [0.717, 1.165) is 17.1 Å². The highest BCUT2D eigenvalue weighted by atomic mass is 19.1. The Morgan fingerprint density at radius 1 is 1.16 bits per heavy atom. The molecule has 0 bridgehead atoms. The zero-order chi connectivity index (χ0) is 13.7. The fraction of sp³-hybridized carbons (Fsp3) is 0.200. The maximum Gasteiger partial charge on any atom is 0.128 e. The summed E-state index contributed by atoms with van der Waals surface area (Å²) >= 11 is 0. The first-order chi connectivity index (χ1) is 9.24. The van der Waals surface area contributed by atoms with E-state index < -0.39 is 0 Å². The van der Waals surface area contributed by atoms with Crippen LogP contribution in [0, 0.1) is 5.82 Å². The third kappa shape index (κ3) is 3.23. The topological polar surface area (TPSA) is 47.3 Å². The number of benzene rings is 2. The molecular formula is C15H17FN2O. The molecule has 0 aliphatic rings. The highest BCUT2D eigenvalue weighted by molar-refractivity contribution is 5.64. The minimum absolute atomic E-state index is 0.232. The lowest BCUT2D eigenvalue weighted by Crippen LogP contribution is -2.07. The maximum absolute atomic E-state index is 13.7. The summed E-state index contributed by atoms with van der Waals surface area (Å²) in [6, 6.07) is 12.4. The van der Waals surface area contributed by atoms with Crippen molar-refractivity contribution < 1.29 is 9.13 Å². The summed E-state index contributed by atoms with van der Waals surface area (Å²) in [5, 5.41) is 3.20. The van der Waals surface area contributed by atoms with Gasteiger partial charge in [0.1, 0.15) is 11.6 Å². The summed E-state index contributed by atoms with van der Waals surface area (Å²) < 4.78 is 18.8. The van der Waals surface area contributed by atoms with Crippen molar-refractivity contribution in [2.45, 2.75) is 6.42 Å². The Bertz CT molecular complexity index is 540. The van der Waals surface area contributed by atoms with E-state index in [0.29, 0.717) is 18.5 Å². The molecule has 0 saturated carbocycles. The van der Waals surface area contributed by atoms with Crippen molar-refractivity contribution in [1.82, 2.24) is 0 Å². The molecule has 0 radical (unpaired) electrons. The van der Waals surface area contributed by atoms with Crippen molar-refractivity contribution in [2.24, 2.45) is 5.73 Å². The van der Waals surface area contributed by atoms with Crippen LogP contribution in [0.1, 0.15) is 5.56 Å². The van der Waals surface area contributed by atoms with Crippen molar-refractivity contribution in [3.05, 3.63) is 53.8 Å². The van der Waals surface area contributed by atoms with E-state index in [1.54, 1.807) is 13.2 Å².